The van der Waals surface area contributed by atoms with Crippen molar-refractivity contribution in [1.29, 1.82) is 0 Å². The van der Waals surface area contributed by atoms with Crippen LogP contribution in [-0.2, 0) is 15.2 Å². The molecule has 164 valence electrons. The lowest BCUT2D eigenvalue weighted by Crippen LogP contribution is -2.44. The predicted molar refractivity (Wildman–Crippen MR) is 112 cm³/mol. The molecule has 1 saturated carbocycles. The highest BCUT2D eigenvalue weighted by atomic mass is 35.5. The molecule has 1 aliphatic heterocycles. The minimum Gasteiger partial charge on any atom is -0.374 e. The summed E-state index contributed by atoms with van der Waals surface area (Å²) < 4.78 is 42.9. The number of hydrogen-bond acceptors (Lipinski definition) is 3. The molecule has 0 aromatic heterocycles. The largest absolute Gasteiger partial charge is 0.435 e. The van der Waals surface area contributed by atoms with E-state index in [1.54, 1.807) is 24.3 Å². The van der Waals surface area contributed by atoms with E-state index >= 15 is 0 Å². The molecule has 0 bridgehead atoms. The molecule has 0 spiro atoms. The maximum Gasteiger partial charge on any atom is 0.435 e. The van der Waals surface area contributed by atoms with Gasteiger partial charge in [-0.3, -0.25) is 4.79 Å². The average molecular weight is 492 g/mol. The van der Waals surface area contributed by atoms with Gasteiger partial charge in [0.15, 0.2) is 0 Å². The first kappa shape index (κ1) is 22.2. The monoisotopic (exact) mass is 490 g/mol. The minimum absolute atomic E-state index is 0.00415. The normalized spacial score (nSPS) is 21.9. The van der Waals surface area contributed by atoms with Crippen molar-refractivity contribution in [1.82, 2.24) is 5.32 Å². The molecule has 4 nitrogen and oxygen atoms in total. The molecular formula is C21H16Cl3F3N2O2. The number of alkyl halides is 3. The van der Waals surface area contributed by atoms with Crippen LogP contribution < -0.4 is 5.32 Å². The number of hydrogen-bond donors (Lipinski definition) is 1. The number of halogens is 6. The van der Waals surface area contributed by atoms with Gasteiger partial charge >= 0.3 is 6.18 Å². The van der Waals surface area contributed by atoms with E-state index in [0.717, 1.165) is 25.0 Å². The fraction of sp³-hybridized carbons (Fsp3) is 0.333. The van der Waals surface area contributed by atoms with Crippen molar-refractivity contribution in [3.05, 3.63) is 68.7 Å². The molecule has 1 fully saturated rings. The molecule has 1 aliphatic carbocycles. The third-order valence-corrected chi connectivity index (χ3v) is 6.10. The molecule has 2 aliphatic rings. The molecule has 2 unspecified atom stereocenters. The summed E-state index contributed by atoms with van der Waals surface area (Å²) >= 11 is 18.2. The van der Waals surface area contributed by atoms with Crippen LogP contribution in [0.3, 0.4) is 0 Å². The van der Waals surface area contributed by atoms with Crippen LogP contribution >= 0.6 is 34.8 Å². The highest BCUT2D eigenvalue weighted by Gasteiger charge is 2.63. The predicted octanol–water partition coefficient (Wildman–Crippen LogP) is 6.45. The van der Waals surface area contributed by atoms with E-state index in [0.29, 0.717) is 10.6 Å². The smallest absolute Gasteiger partial charge is 0.374 e. The van der Waals surface area contributed by atoms with Gasteiger partial charge in [0.25, 0.3) is 5.60 Å². The van der Waals surface area contributed by atoms with Gasteiger partial charge in [0.1, 0.15) is 0 Å². The van der Waals surface area contributed by atoms with Crippen molar-refractivity contribution < 1.29 is 22.8 Å². The summed E-state index contributed by atoms with van der Waals surface area (Å²) in [5.74, 6) is -0.421. The Morgan fingerprint density at radius 2 is 1.77 bits per heavy atom. The van der Waals surface area contributed by atoms with Crippen molar-refractivity contribution >= 4 is 46.4 Å². The van der Waals surface area contributed by atoms with Gasteiger partial charge in [0.2, 0.25) is 5.91 Å². The van der Waals surface area contributed by atoms with Gasteiger partial charge in [0.05, 0.1) is 11.8 Å². The molecule has 31 heavy (non-hydrogen) atoms. The average Bonchev–Trinajstić information content (AvgIpc) is 3.43. The Morgan fingerprint density at radius 3 is 2.35 bits per heavy atom. The molecule has 2 atom stereocenters. The summed E-state index contributed by atoms with van der Waals surface area (Å²) in [6.45, 7) is 0. The number of oxime groups is 1. The Labute approximate surface area is 191 Å². The SMILES string of the molecule is O=C(NC(C1=NOC(c2cc(Cl)cc(Cl)c2)(C(F)(F)F)C1)c1ccccc1Cl)C1CC1. The Hall–Kier alpha value is -1.96. The zero-order chi connectivity index (χ0) is 22.4. The van der Waals surface area contributed by atoms with Crippen LogP contribution in [-0.4, -0.2) is 17.8 Å². The summed E-state index contributed by atoms with van der Waals surface area (Å²) in [4.78, 5) is 17.5. The fourth-order valence-electron chi connectivity index (χ4n) is 3.52. The number of carbonyl (C=O) groups excluding carboxylic acids is 1. The van der Waals surface area contributed by atoms with Crippen LogP contribution in [0.2, 0.25) is 15.1 Å². The van der Waals surface area contributed by atoms with Gasteiger partial charge in [-0.1, -0.05) is 58.2 Å². The van der Waals surface area contributed by atoms with Gasteiger partial charge < -0.3 is 10.2 Å². The molecular weight excluding hydrogens is 476 g/mol. The second kappa shape index (κ2) is 8.19. The Balaban J connectivity index is 1.73. The Bertz CT molecular complexity index is 1040. The maximum absolute atomic E-state index is 14.3. The topological polar surface area (TPSA) is 50.7 Å². The highest BCUT2D eigenvalue weighted by molar-refractivity contribution is 6.34. The number of amides is 1. The van der Waals surface area contributed by atoms with E-state index in [1.165, 1.54) is 6.07 Å². The lowest BCUT2D eigenvalue weighted by Gasteiger charge is -2.30. The first-order valence-electron chi connectivity index (χ1n) is 9.44. The minimum atomic E-state index is -4.84. The number of nitrogens with zero attached hydrogens (tertiary/aromatic N) is 1. The second-order valence-corrected chi connectivity index (χ2v) is 8.85. The second-order valence-electron chi connectivity index (χ2n) is 7.57. The molecule has 4 rings (SSSR count). The molecule has 1 heterocycles. The Morgan fingerprint density at radius 1 is 1.13 bits per heavy atom. The van der Waals surface area contributed by atoms with Gasteiger partial charge in [-0.2, -0.15) is 13.2 Å². The lowest BCUT2D eigenvalue weighted by molar-refractivity contribution is -0.275. The quantitative estimate of drug-likeness (QED) is 0.523. The van der Waals surface area contributed by atoms with Crippen LogP contribution in [0.5, 0.6) is 0 Å². The van der Waals surface area contributed by atoms with E-state index in [2.05, 4.69) is 10.5 Å². The zero-order valence-electron chi connectivity index (χ0n) is 15.8. The highest BCUT2D eigenvalue weighted by Crippen LogP contribution is 2.50. The molecule has 2 aromatic carbocycles. The molecule has 0 saturated heterocycles. The summed E-state index contributed by atoms with van der Waals surface area (Å²) in [6.07, 6.45) is -4.03. The van der Waals surface area contributed by atoms with Crippen LogP contribution in [0.15, 0.2) is 47.6 Å². The first-order chi connectivity index (χ1) is 14.6. The summed E-state index contributed by atoms with van der Waals surface area (Å²) in [7, 11) is 0. The van der Waals surface area contributed by atoms with Crippen molar-refractivity contribution in [2.45, 2.75) is 37.1 Å². The molecule has 1 N–H and O–H groups in total. The van der Waals surface area contributed by atoms with Crippen LogP contribution in [0, 0.1) is 5.92 Å². The molecule has 2 aromatic rings. The Kier molecular flexibility index (Phi) is 5.87. The van der Waals surface area contributed by atoms with Crippen molar-refractivity contribution in [2.75, 3.05) is 0 Å². The standard InChI is InChI=1S/C21H16Cl3F3N2O2/c22-13-7-12(8-14(23)9-13)20(21(25,26)27)10-17(29-31-20)18(28-19(30)11-5-6-11)15-3-1-2-4-16(15)24/h1-4,7-9,11,18H,5-6,10H2,(H,28,30). The van der Waals surface area contributed by atoms with Crippen LogP contribution in [0.25, 0.3) is 0 Å². The summed E-state index contributed by atoms with van der Waals surface area (Å²) in [6, 6.07) is 9.24. The van der Waals surface area contributed by atoms with Gasteiger partial charge in [-0.15, -0.1) is 0 Å². The fourth-order valence-corrected chi connectivity index (χ4v) is 4.29. The maximum atomic E-state index is 14.3. The third-order valence-electron chi connectivity index (χ3n) is 5.32. The number of rotatable bonds is 5. The zero-order valence-corrected chi connectivity index (χ0v) is 18.1. The molecule has 1 amide bonds. The summed E-state index contributed by atoms with van der Waals surface area (Å²) in [5, 5.41) is 6.93. The van der Waals surface area contributed by atoms with E-state index in [4.69, 9.17) is 39.6 Å². The molecule has 0 radical (unpaired) electrons. The number of nitrogens with one attached hydrogen (secondary N) is 1. The van der Waals surface area contributed by atoms with Crippen molar-refractivity contribution in [3.63, 3.8) is 0 Å². The van der Waals surface area contributed by atoms with Crippen LogP contribution in [0.1, 0.15) is 36.4 Å². The van der Waals surface area contributed by atoms with Gasteiger partial charge in [-0.25, -0.2) is 0 Å². The summed E-state index contributed by atoms with van der Waals surface area (Å²) in [5.41, 5.74) is -2.64. The third kappa shape index (κ3) is 4.36. The van der Waals surface area contributed by atoms with E-state index in [9.17, 15) is 18.0 Å². The van der Waals surface area contributed by atoms with E-state index in [1.807, 2.05) is 0 Å². The first-order valence-corrected chi connectivity index (χ1v) is 10.6. The van der Waals surface area contributed by atoms with E-state index in [-0.39, 0.29) is 33.1 Å². The van der Waals surface area contributed by atoms with Crippen LogP contribution in [0.4, 0.5) is 13.2 Å². The van der Waals surface area contributed by atoms with Gasteiger partial charge in [0, 0.05) is 33.0 Å². The van der Waals surface area contributed by atoms with Gasteiger partial charge in [-0.05, 0) is 42.7 Å². The van der Waals surface area contributed by atoms with E-state index < -0.39 is 24.2 Å². The lowest BCUT2D eigenvalue weighted by atomic mass is 9.85. The van der Waals surface area contributed by atoms with Crippen molar-refractivity contribution in [3.8, 4) is 0 Å². The number of carbonyl (C=O) groups is 1. The molecule has 10 heteroatoms. The van der Waals surface area contributed by atoms with Crippen molar-refractivity contribution in [2.24, 2.45) is 11.1 Å². The number of benzene rings is 2.